The van der Waals surface area contributed by atoms with Crippen LogP contribution in [0.3, 0.4) is 0 Å². The maximum Gasteiger partial charge on any atom is 0.214 e. The van der Waals surface area contributed by atoms with E-state index >= 15 is 0 Å². The summed E-state index contributed by atoms with van der Waals surface area (Å²) in [7, 11) is 2.28. The lowest BCUT2D eigenvalue weighted by atomic mass is 10.1. The van der Waals surface area contributed by atoms with Gasteiger partial charge in [0.1, 0.15) is 0 Å². The van der Waals surface area contributed by atoms with Gasteiger partial charge in [-0.05, 0) is 27.6 Å². The fourth-order valence-electron chi connectivity index (χ4n) is 1.16. The normalized spacial score (nSPS) is 9.56. The number of hydrogen-bond donors (Lipinski definition) is 2. The summed E-state index contributed by atoms with van der Waals surface area (Å²) in [6.45, 7) is 3.98. The summed E-state index contributed by atoms with van der Waals surface area (Å²) in [6, 6.07) is 5.08. The molecule has 2 nitrogen and oxygen atoms in total. The van der Waals surface area contributed by atoms with Crippen LogP contribution in [0.2, 0.25) is 0 Å². The van der Waals surface area contributed by atoms with Gasteiger partial charge >= 0.3 is 0 Å². The molecule has 1 rings (SSSR count). The van der Waals surface area contributed by atoms with E-state index < -0.39 is 5.97 Å². The zero-order chi connectivity index (χ0) is 12.1. The first-order valence-corrected chi connectivity index (χ1v) is 5.49. The fourth-order valence-corrected chi connectivity index (χ4v) is 1.41. The molecule has 16 heavy (non-hydrogen) atoms. The van der Waals surface area contributed by atoms with Gasteiger partial charge in [0.25, 0.3) is 0 Å². The molecule has 1 atom stereocenters. The van der Waals surface area contributed by atoms with Gasteiger partial charge in [0, 0.05) is 17.2 Å². The van der Waals surface area contributed by atoms with Crippen molar-refractivity contribution >= 4 is 21.0 Å². The second-order valence-electron chi connectivity index (χ2n) is 3.64. The Morgan fingerprint density at radius 3 is 2.69 bits per heavy atom. The Kier molecular flexibility index (Phi) is 4.46. The van der Waals surface area contributed by atoms with Gasteiger partial charge in [-0.2, -0.15) is 4.39 Å². The van der Waals surface area contributed by atoms with Crippen molar-refractivity contribution in [2.45, 2.75) is 13.8 Å². The smallest absolute Gasteiger partial charge is 0.214 e. The molecule has 0 aliphatic heterocycles. The summed E-state index contributed by atoms with van der Waals surface area (Å²) in [5, 5.41) is 9.79. The van der Waals surface area contributed by atoms with Crippen molar-refractivity contribution in [3.05, 3.63) is 29.3 Å². The number of nitrogens with one attached hydrogen (secondary N) is 2. The van der Waals surface area contributed by atoms with E-state index in [1.165, 1.54) is 0 Å². The van der Waals surface area contributed by atoms with Crippen LogP contribution in [-0.4, -0.2) is 5.97 Å². The molecule has 0 aliphatic rings. The average molecular weight is 236 g/mol. The van der Waals surface area contributed by atoms with E-state index in [0.717, 1.165) is 5.56 Å². The van der Waals surface area contributed by atoms with Gasteiger partial charge in [-0.3, -0.25) is 5.41 Å². The largest absolute Gasteiger partial charge is 0.369 e. The minimum absolute atomic E-state index is 0.227. The molecule has 84 valence electrons. The first-order chi connectivity index (χ1) is 7.54. The summed E-state index contributed by atoms with van der Waals surface area (Å²) in [6.07, 6.45) is 0. The van der Waals surface area contributed by atoms with Crippen molar-refractivity contribution in [3.63, 3.8) is 0 Å². The van der Waals surface area contributed by atoms with E-state index in [9.17, 15) is 4.39 Å². The van der Waals surface area contributed by atoms with E-state index in [1.807, 2.05) is 13.8 Å². The third kappa shape index (κ3) is 3.32. The zero-order valence-corrected chi connectivity index (χ0v) is 10.4. The van der Waals surface area contributed by atoms with Crippen LogP contribution in [-0.2, 0) is 0 Å². The van der Waals surface area contributed by atoms with Crippen LogP contribution in [0.15, 0.2) is 18.2 Å². The molecule has 1 aromatic rings. The standard InChI is InChI=1S/C12H14FN2P/c1-8(2)3-4-9-5-6-11(15-16)10(7-9)12(13)14/h5-8,14-15H,16H2,1-2H3. The van der Waals surface area contributed by atoms with Crippen molar-refractivity contribution < 1.29 is 4.39 Å². The second-order valence-corrected chi connectivity index (χ2v) is 3.93. The zero-order valence-electron chi connectivity index (χ0n) is 9.26. The predicted molar refractivity (Wildman–Crippen MR) is 69.4 cm³/mol. The lowest BCUT2D eigenvalue weighted by molar-refractivity contribution is 0.798. The number of rotatable bonds is 2. The predicted octanol–water partition coefficient (Wildman–Crippen LogP) is 3.19. The van der Waals surface area contributed by atoms with Crippen molar-refractivity contribution in [1.82, 2.24) is 0 Å². The molecule has 0 saturated carbocycles. The van der Waals surface area contributed by atoms with E-state index in [-0.39, 0.29) is 11.5 Å². The third-order valence-corrected chi connectivity index (χ3v) is 2.23. The summed E-state index contributed by atoms with van der Waals surface area (Å²) in [5.74, 6) is 5.25. The molecule has 0 aliphatic carbocycles. The number of hydrogen-bond acceptors (Lipinski definition) is 2. The Bertz CT molecular complexity index is 458. The lowest BCUT2D eigenvalue weighted by Crippen LogP contribution is -1.96. The Balaban J connectivity index is 3.14. The molecule has 0 bridgehead atoms. The molecule has 0 radical (unpaired) electrons. The van der Waals surface area contributed by atoms with E-state index in [0.29, 0.717) is 5.69 Å². The van der Waals surface area contributed by atoms with Gasteiger partial charge in [-0.15, -0.1) is 0 Å². The Hall–Kier alpha value is -1.39. The van der Waals surface area contributed by atoms with Crippen LogP contribution >= 0.6 is 9.39 Å². The third-order valence-electron chi connectivity index (χ3n) is 1.92. The molecule has 1 unspecified atom stereocenters. The highest BCUT2D eigenvalue weighted by Crippen LogP contribution is 2.19. The molecule has 0 fully saturated rings. The van der Waals surface area contributed by atoms with E-state index in [2.05, 4.69) is 26.3 Å². The van der Waals surface area contributed by atoms with Gasteiger partial charge in [-0.25, -0.2) is 0 Å². The van der Waals surface area contributed by atoms with Gasteiger partial charge < -0.3 is 5.09 Å². The highest BCUT2D eigenvalue weighted by Gasteiger charge is 2.06. The molecule has 0 spiro atoms. The summed E-state index contributed by atoms with van der Waals surface area (Å²) in [5.41, 5.74) is 1.51. The number of halogens is 1. The maximum atomic E-state index is 12.9. The maximum absolute atomic E-state index is 12.9. The molecule has 1 aromatic carbocycles. The van der Waals surface area contributed by atoms with Crippen LogP contribution in [0.4, 0.5) is 10.1 Å². The highest BCUT2D eigenvalue weighted by atomic mass is 31.0. The van der Waals surface area contributed by atoms with Crippen LogP contribution in [0.5, 0.6) is 0 Å². The van der Waals surface area contributed by atoms with Crippen LogP contribution in [0.1, 0.15) is 25.0 Å². The lowest BCUT2D eigenvalue weighted by Gasteiger charge is -2.05. The molecule has 0 saturated heterocycles. The second kappa shape index (κ2) is 5.63. The minimum atomic E-state index is -0.960. The Labute approximate surface area is 97.4 Å². The van der Waals surface area contributed by atoms with Crippen LogP contribution in [0, 0.1) is 23.2 Å². The summed E-state index contributed by atoms with van der Waals surface area (Å²) in [4.78, 5) is 0. The van der Waals surface area contributed by atoms with Crippen molar-refractivity contribution in [1.29, 1.82) is 5.41 Å². The molecule has 0 amide bonds. The molecule has 2 N–H and O–H groups in total. The molecular formula is C12H14FN2P. The fraction of sp³-hybridized carbons (Fsp3) is 0.250. The topological polar surface area (TPSA) is 35.9 Å². The minimum Gasteiger partial charge on any atom is -0.369 e. The molecular weight excluding hydrogens is 222 g/mol. The number of benzene rings is 1. The van der Waals surface area contributed by atoms with Gasteiger partial charge in [-0.1, -0.05) is 25.7 Å². The highest BCUT2D eigenvalue weighted by molar-refractivity contribution is 7.18. The van der Waals surface area contributed by atoms with Gasteiger partial charge in [0.2, 0.25) is 5.97 Å². The average Bonchev–Trinajstić information content (AvgIpc) is 2.25. The first kappa shape index (κ1) is 12.7. The van der Waals surface area contributed by atoms with Gasteiger partial charge in [0.15, 0.2) is 0 Å². The molecule has 0 heterocycles. The molecule has 4 heteroatoms. The summed E-state index contributed by atoms with van der Waals surface area (Å²) >= 11 is 0. The van der Waals surface area contributed by atoms with Crippen LogP contribution in [0.25, 0.3) is 0 Å². The van der Waals surface area contributed by atoms with Crippen LogP contribution < -0.4 is 5.09 Å². The molecule has 0 aromatic heterocycles. The SMILES string of the molecule is CC(C)C#Cc1ccc(NP)c(C(=N)F)c1. The van der Waals surface area contributed by atoms with Crippen molar-refractivity contribution in [2.75, 3.05) is 5.09 Å². The van der Waals surface area contributed by atoms with E-state index in [1.54, 1.807) is 18.2 Å². The van der Waals surface area contributed by atoms with E-state index in [4.69, 9.17) is 5.41 Å². The van der Waals surface area contributed by atoms with Crippen molar-refractivity contribution in [2.24, 2.45) is 5.92 Å². The monoisotopic (exact) mass is 236 g/mol. The quantitative estimate of drug-likeness (QED) is 0.461. The number of anilines is 1. The Morgan fingerprint density at radius 2 is 2.19 bits per heavy atom. The summed E-state index contributed by atoms with van der Waals surface area (Å²) < 4.78 is 12.9. The Morgan fingerprint density at radius 1 is 1.50 bits per heavy atom. The first-order valence-electron chi connectivity index (χ1n) is 4.91. The van der Waals surface area contributed by atoms with Crippen molar-refractivity contribution in [3.8, 4) is 11.8 Å². The van der Waals surface area contributed by atoms with Gasteiger partial charge in [0.05, 0.1) is 5.56 Å².